The molecule has 2 amide bonds. The molecule has 0 spiro atoms. The fraction of sp³-hybridized carbons (Fsp3) is 0.533. The van der Waals surface area contributed by atoms with E-state index < -0.39 is 11.7 Å². The molecule has 1 aromatic heterocycles. The molecule has 0 bridgehead atoms. The molecule has 0 unspecified atom stereocenters. The summed E-state index contributed by atoms with van der Waals surface area (Å²) in [6, 6.07) is 3.64. The highest BCUT2D eigenvalue weighted by Crippen LogP contribution is 2.17. The zero-order valence-electron chi connectivity index (χ0n) is 13.2. The molecule has 1 N–H and O–H groups in total. The summed E-state index contributed by atoms with van der Waals surface area (Å²) < 4.78 is 5.19. The van der Waals surface area contributed by atoms with Crippen molar-refractivity contribution >= 4 is 24.0 Å². The lowest BCUT2D eigenvalue weighted by atomic mass is 10.2. The molecular formula is C15H22N4O3. The summed E-state index contributed by atoms with van der Waals surface area (Å²) in [6.45, 7) is 8.34. The van der Waals surface area contributed by atoms with Crippen molar-refractivity contribution < 1.29 is 14.3 Å². The molecule has 1 aliphatic rings. The fourth-order valence-corrected chi connectivity index (χ4v) is 2.12. The van der Waals surface area contributed by atoms with Gasteiger partial charge in [0.05, 0.1) is 11.9 Å². The number of piperazine rings is 1. The Kier molecular flexibility index (Phi) is 4.85. The van der Waals surface area contributed by atoms with Gasteiger partial charge >= 0.3 is 6.09 Å². The molecule has 0 aliphatic carbocycles. The molecular weight excluding hydrogens is 284 g/mol. The zero-order valence-corrected chi connectivity index (χ0v) is 13.2. The number of carbonyl (C=O) groups excluding carboxylic acids is 2. The highest BCUT2D eigenvalue weighted by Gasteiger charge is 2.18. The third-order valence-corrected chi connectivity index (χ3v) is 3.18. The molecule has 0 radical (unpaired) electrons. The largest absolute Gasteiger partial charge is 0.444 e. The summed E-state index contributed by atoms with van der Waals surface area (Å²) in [7, 11) is 0. The fourth-order valence-electron chi connectivity index (χ4n) is 2.12. The van der Waals surface area contributed by atoms with Gasteiger partial charge in [0.2, 0.25) is 6.41 Å². The van der Waals surface area contributed by atoms with E-state index in [4.69, 9.17) is 4.74 Å². The molecule has 1 fully saturated rings. The first-order chi connectivity index (χ1) is 10.4. The van der Waals surface area contributed by atoms with Crippen molar-refractivity contribution in [1.82, 2.24) is 9.88 Å². The topological polar surface area (TPSA) is 74.8 Å². The lowest BCUT2D eigenvalue weighted by molar-refractivity contribution is -0.118. The molecule has 1 aliphatic heterocycles. The molecule has 120 valence electrons. The monoisotopic (exact) mass is 306 g/mol. The van der Waals surface area contributed by atoms with Gasteiger partial charge in [-0.2, -0.15) is 0 Å². The van der Waals surface area contributed by atoms with Gasteiger partial charge in [-0.1, -0.05) is 0 Å². The first-order valence-corrected chi connectivity index (χ1v) is 7.28. The van der Waals surface area contributed by atoms with E-state index in [0.29, 0.717) is 18.8 Å². The smallest absolute Gasteiger partial charge is 0.412 e. The van der Waals surface area contributed by atoms with Gasteiger partial charge in [0.25, 0.3) is 0 Å². The van der Waals surface area contributed by atoms with Crippen molar-refractivity contribution in [2.45, 2.75) is 26.4 Å². The van der Waals surface area contributed by atoms with Crippen LogP contribution in [0.4, 0.5) is 16.3 Å². The Balaban J connectivity index is 1.90. The Morgan fingerprint density at radius 2 is 1.95 bits per heavy atom. The second-order valence-corrected chi connectivity index (χ2v) is 6.16. The first kappa shape index (κ1) is 16.1. The molecule has 1 aromatic rings. The Morgan fingerprint density at radius 3 is 2.45 bits per heavy atom. The predicted molar refractivity (Wildman–Crippen MR) is 83.9 cm³/mol. The van der Waals surface area contributed by atoms with E-state index >= 15 is 0 Å². The number of amides is 2. The number of pyridine rings is 1. The maximum atomic E-state index is 11.7. The van der Waals surface area contributed by atoms with Crippen molar-refractivity contribution in [3.05, 3.63) is 18.3 Å². The van der Waals surface area contributed by atoms with E-state index in [0.717, 1.165) is 25.3 Å². The summed E-state index contributed by atoms with van der Waals surface area (Å²) in [4.78, 5) is 30.6. The summed E-state index contributed by atoms with van der Waals surface area (Å²) >= 11 is 0. The summed E-state index contributed by atoms with van der Waals surface area (Å²) in [5, 5.41) is 2.65. The number of hydrogen-bond acceptors (Lipinski definition) is 5. The van der Waals surface area contributed by atoms with Gasteiger partial charge in [-0.25, -0.2) is 9.78 Å². The van der Waals surface area contributed by atoms with Crippen LogP contribution in [-0.4, -0.2) is 54.2 Å². The molecule has 7 heteroatoms. The predicted octanol–water partition coefficient (Wildman–Crippen LogP) is 1.71. The number of nitrogens with zero attached hydrogens (tertiary/aromatic N) is 3. The first-order valence-electron chi connectivity index (χ1n) is 7.28. The third kappa shape index (κ3) is 4.61. The van der Waals surface area contributed by atoms with E-state index in [1.54, 1.807) is 17.2 Å². The van der Waals surface area contributed by atoms with E-state index in [1.165, 1.54) is 0 Å². The van der Waals surface area contributed by atoms with Crippen molar-refractivity contribution in [2.75, 3.05) is 36.4 Å². The summed E-state index contributed by atoms with van der Waals surface area (Å²) in [6.07, 6.45) is 1.98. The SMILES string of the molecule is CC(C)(C)OC(=O)Nc1ccc(N2CCN(C=O)CC2)nc1. The lowest BCUT2D eigenvalue weighted by Gasteiger charge is -2.33. The van der Waals surface area contributed by atoms with Gasteiger partial charge in [0.15, 0.2) is 0 Å². The Bertz CT molecular complexity index is 517. The van der Waals surface area contributed by atoms with Crippen LogP contribution in [0.2, 0.25) is 0 Å². The van der Waals surface area contributed by atoms with Crippen LogP contribution in [-0.2, 0) is 9.53 Å². The highest BCUT2D eigenvalue weighted by atomic mass is 16.6. The zero-order chi connectivity index (χ0) is 16.2. The summed E-state index contributed by atoms with van der Waals surface area (Å²) in [5.74, 6) is 0.834. The van der Waals surface area contributed by atoms with Crippen LogP contribution in [0.15, 0.2) is 18.3 Å². The van der Waals surface area contributed by atoms with Gasteiger partial charge in [-0.15, -0.1) is 0 Å². The molecule has 7 nitrogen and oxygen atoms in total. The van der Waals surface area contributed by atoms with Crippen molar-refractivity contribution in [3.8, 4) is 0 Å². The van der Waals surface area contributed by atoms with Crippen LogP contribution in [0.1, 0.15) is 20.8 Å². The van der Waals surface area contributed by atoms with Crippen LogP contribution < -0.4 is 10.2 Å². The second-order valence-electron chi connectivity index (χ2n) is 6.16. The Labute approximate surface area is 130 Å². The van der Waals surface area contributed by atoms with Gasteiger partial charge in [-0.3, -0.25) is 10.1 Å². The average molecular weight is 306 g/mol. The molecule has 0 atom stereocenters. The maximum Gasteiger partial charge on any atom is 0.412 e. The standard InChI is InChI=1S/C15H22N4O3/c1-15(2,3)22-14(21)17-12-4-5-13(16-10-12)19-8-6-18(11-20)7-9-19/h4-5,10-11H,6-9H2,1-3H3,(H,17,21). The number of ether oxygens (including phenoxy) is 1. The van der Waals surface area contributed by atoms with Crippen molar-refractivity contribution in [1.29, 1.82) is 0 Å². The lowest BCUT2D eigenvalue weighted by Crippen LogP contribution is -2.46. The third-order valence-electron chi connectivity index (χ3n) is 3.18. The molecule has 0 aromatic carbocycles. The quantitative estimate of drug-likeness (QED) is 0.860. The number of nitrogens with one attached hydrogen (secondary N) is 1. The normalized spacial score (nSPS) is 15.4. The van der Waals surface area contributed by atoms with E-state index in [9.17, 15) is 9.59 Å². The molecule has 2 heterocycles. The second kappa shape index (κ2) is 6.64. The van der Waals surface area contributed by atoms with Crippen molar-refractivity contribution in [2.24, 2.45) is 0 Å². The Morgan fingerprint density at radius 1 is 1.27 bits per heavy atom. The van der Waals surface area contributed by atoms with Crippen LogP contribution in [0.3, 0.4) is 0 Å². The molecule has 2 rings (SSSR count). The van der Waals surface area contributed by atoms with Crippen LogP contribution in [0.5, 0.6) is 0 Å². The van der Waals surface area contributed by atoms with E-state index in [-0.39, 0.29) is 0 Å². The van der Waals surface area contributed by atoms with Crippen LogP contribution in [0, 0.1) is 0 Å². The van der Waals surface area contributed by atoms with Crippen LogP contribution in [0.25, 0.3) is 0 Å². The van der Waals surface area contributed by atoms with Gasteiger partial charge in [0, 0.05) is 26.2 Å². The average Bonchev–Trinajstić information content (AvgIpc) is 2.46. The summed E-state index contributed by atoms with van der Waals surface area (Å²) in [5.41, 5.74) is 0.0555. The molecule has 22 heavy (non-hydrogen) atoms. The molecule has 0 saturated carbocycles. The van der Waals surface area contributed by atoms with Gasteiger partial charge < -0.3 is 14.5 Å². The Hall–Kier alpha value is -2.31. The number of anilines is 2. The van der Waals surface area contributed by atoms with Gasteiger partial charge in [-0.05, 0) is 32.9 Å². The number of rotatable bonds is 3. The number of hydrogen-bond donors (Lipinski definition) is 1. The van der Waals surface area contributed by atoms with Crippen LogP contribution >= 0.6 is 0 Å². The highest BCUT2D eigenvalue weighted by molar-refractivity contribution is 5.84. The number of carbonyl (C=O) groups is 2. The minimum absolute atomic E-state index is 0.498. The van der Waals surface area contributed by atoms with E-state index in [2.05, 4.69) is 15.2 Å². The number of aromatic nitrogens is 1. The van der Waals surface area contributed by atoms with E-state index in [1.807, 2.05) is 26.8 Å². The minimum atomic E-state index is -0.532. The van der Waals surface area contributed by atoms with Gasteiger partial charge in [0.1, 0.15) is 11.4 Å². The maximum absolute atomic E-state index is 11.7. The minimum Gasteiger partial charge on any atom is -0.444 e. The van der Waals surface area contributed by atoms with Crippen molar-refractivity contribution in [3.63, 3.8) is 0 Å². The molecule has 1 saturated heterocycles.